The summed E-state index contributed by atoms with van der Waals surface area (Å²) in [5.41, 5.74) is 5.79. The standard InChI is InChI=1S/C7H15NOS/c1-10(9)7-5-3-2-4-6(7)8/h6-7H,2-5,8H2,1H3. The van der Waals surface area contributed by atoms with Gasteiger partial charge < -0.3 is 5.73 Å². The number of hydrogen-bond acceptors (Lipinski definition) is 2. The van der Waals surface area contributed by atoms with Gasteiger partial charge in [0.05, 0.1) is 0 Å². The molecule has 3 atom stereocenters. The normalized spacial score (nSPS) is 37.4. The molecule has 2 N–H and O–H groups in total. The van der Waals surface area contributed by atoms with E-state index in [9.17, 15) is 4.21 Å². The largest absolute Gasteiger partial charge is 0.327 e. The van der Waals surface area contributed by atoms with E-state index in [0.717, 1.165) is 12.8 Å². The molecule has 3 unspecified atom stereocenters. The summed E-state index contributed by atoms with van der Waals surface area (Å²) in [7, 11) is -0.707. The summed E-state index contributed by atoms with van der Waals surface area (Å²) in [6.45, 7) is 0. The summed E-state index contributed by atoms with van der Waals surface area (Å²) in [6.07, 6.45) is 6.30. The van der Waals surface area contributed by atoms with Crippen molar-refractivity contribution < 1.29 is 4.21 Å². The number of rotatable bonds is 1. The van der Waals surface area contributed by atoms with Gasteiger partial charge in [-0.3, -0.25) is 4.21 Å². The lowest BCUT2D eigenvalue weighted by Crippen LogP contribution is -2.39. The summed E-state index contributed by atoms with van der Waals surface area (Å²) in [5, 5.41) is 0.272. The lowest BCUT2D eigenvalue weighted by Gasteiger charge is -2.26. The molecule has 60 valence electrons. The molecule has 10 heavy (non-hydrogen) atoms. The maximum atomic E-state index is 11.0. The van der Waals surface area contributed by atoms with Crippen LogP contribution in [0.3, 0.4) is 0 Å². The molecule has 3 heteroatoms. The van der Waals surface area contributed by atoms with Gasteiger partial charge in [-0.2, -0.15) is 0 Å². The quantitative estimate of drug-likeness (QED) is 0.613. The molecule has 0 heterocycles. The molecule has 1 aliphatic rings. The lowest BCUT2D eigenvalue weighted by atomic mass is 9.96. The van der Waals surface area contributed by atoms with Gasteiger partial charge in [-0.25, -0.2) is 0 Å². The summed E-state index contributed by atoms with van der Waals surface area (Å²) < 4.78 is 11.0. The first-order valence-electron chi connectivity index (χ1n) is 3.79. The predicted octanol–water partition coefficient (Wildman–Crippen LogP) is 0.635. The first-order valence-corrected chi connectivity index (χ1v) is 5.42. The molecule has 1 rings (SSSR count). The van der Waals surface area contributed by atoms with Crippen LogP contribution < -0.4 is 5.73 Å². The Balaban J connectivity index is 2.47. The van der Waals surface area contributed by atoms with Crippen LogP contribution >= 0.6 is 0 Å². The summed E-state index contributed by atoms with van der Waals surface area (Å²) in [4.78, 5) is 0. The van der Waals surface area contributed by atoms with Crippen molar-refractivity contribution in [1.82, 2.24) is 0 Å². The molecule has 0 bridgehead atoms. The van der Waals surface area contributed by atoms with E-state index in [1.54, 1.807) is 6.26 Å². The van der Waals surface area contributed by atoms with E-state index < -0.39 is 10.8 Å². The average Bonchev–Trinajstić information content (AvgIpc) is 1.88. The van der Waals surface area contributed by atoms with Crippen LogP contribution in [0.2, 0.25) is 0 Å². The SMILES string of the molecule is CS(=O)C1CCCCC1N. The molecule has 0 saturated heterocycles. The van der Waals surface area contributed by atoms with Crippen LogP contribution in [-0.4, -0.2) is 21.8 Å². The Morgan fingerprint density at radius 3 is 2.40 bits per heavy atom. The summed E-state index contributed by atoms with van der Waals surface area (Å²) in [6, 6.07) is 0.194. The zero-order valence-electron chi connectivity index (χ0n) is 6.38. The zero-order valence-corrected chi connectivity index (χ0v) is 7.19. The topological polar surface area (TPSA) is 43.1 Å². The van der Waals surface area contributed by atoms with Gasteiger partial charge in [0.2, 0.25) is 0 Å². The van der Waals surface area contributed by atoms with E-state index in [2.05, 4.69) is 0 Å². The highest BCUT2D eigenvalue weighted by Crippen LogP contribution is 2.20. The molecule has 0 spiro atoms. The van der Waals surface area contributed by atoms with Gasteiger partial charge in [0.1, 0.15) is 0 Å². The van der Waals surface area contributed by atoms with E-state index in [-0.39, 0.29) is 11.3 Å². The van der Waals surface area contributed by atoms with Crippen molar-refractivity contribution in [2.45, 2.75) is 37.0 Å². The van der Waals surface area contributed by atoms with Gasteiger partial charge in [0.15, 0.2) is 0 Å². The van der Waals surface area contributed by atoms with Crippen molar-refractivity contribution in [3.8, 4) is 0 Å². The monoisotopic (exact) mass is 161 g/mol. The van der Waals surface area contributed by atoms with Gasteiger partial charge in [-0.05, 0) is 12.8 Å². The Morgan fingerprint density at radius 2 is 2.00 bits per heavy atom. The third-order valence-electron chi connectivity index (χ3n) is 2.18. The Morgan fingerprint density at radius 1 is 1.40 bits per heavy atom. The zero-order chi connectivity index (χ0) is 7.56. The fourth-order valence-electron chi connectivity index (χ4n) is 1.54. The van der Waals surface area contributed by atoms with Crippen molar-refractivity contribution in [2.75, 3.05) is 6.26 Å². The van der Waals surface area contributed by atoms with Crippen LogP contribution in [-0.2, 0) is 10.8 Å². The van der Waals surface area contributed by atoms with Gasteiger partial charge >= 0.3 is 0 Å². The second-order valence-electron chi connectivity index (χ2n) is 2.99. The molecule has 0 radical (unpaired) electrons. The summed E-state index contributed by atoms with van der Waals surface area (Å²) >= 11 is 0. The van der Waals surface area contributed by atoms with Gasteiger partial charge in [0, 0.05) is 28.3 Å². The molecule has 0 amide bonds. The van der Waals surface area contributed by atoms with Gasteiger partial charge in [-0.1, -0.05) is 12.8 Å². The van der Waals surface area contributed by atoms with Crippen LogP contribution in [0.15, 0.2) is 0 Å². The molecule has 2 nitrogen and oxygen atoms in total. The first kappa shape index (κ1) is 8.21. The fraction of sp³-hybridized carbons (Fsp3) is 1.00. The molecular formula is C7H15NOS. The highest BCUT2D eigenvalue weighted by molar-refractivity contribution is 7.85. The minimum Gasteiger partial charge on any atom is -0.327 e. The van der Waals surface area contributed by atoms with Crippen molar-refractivity contribution in [2.24, 2.45) is 5.73 Å². The van der Waals surface area contributed by atoms with E-state index in [4.69, 9.17) is 5.73 Å². The van der Waals surface area contributed by atoms with Crippen molar-refractivity contribution in [1.29, 1.82) is 0 Å². The average molecular weight is 161 g/mol. The predicted molar refractivity (Wildman–Crippen MR) is 44.3 cm³/mol. The Labute approximate surface area is 64.6 Å². The molecule has 0 aromatic rings. The van der Waals surface area contributed by atoms with E-state index in [0.29, 0.717) is 0 Å². The molecule has 0 aliphatic heterocycles. The minimum atomic E-state index is -0.707. The highest BCUT2D eigenvalue weighted by Gasteiger charge is 2.24. The maximum Gasteiger partial charge on any atom is 0.0496 e. The van der Waals surface area contributed by atoms with Gasteiger partial charge in [0.25, 0.3) is 0 Å². The third kappa shape index (κ3) is 1.80. The number of nitrogens with two attached hydrogens (primary N) is 1. The van der Waals surface area contributed by atoms with E-state index in [1.807, 2.05) is 0 Å². The molecule has 0 aromatic carbocycles. The maximum absolute atomic E-state index is 11.0. The number of hydrogen-bond donors (Lipinski definition) is 1. The molecular weight excluding hydrogens is 146 g/mol. The van der Waals surface area contributed by atoms with Crippen LogP contribution in [0.4, 0.5) is 0 Å². The Kier molecular flexibility index (Phi) is 2.86. The molecule has 1 aliphatic carbocycles. The molecule has 1 saturated carbocycles. The second-order valence-corrected chi connectivity index (χ2v) is 4.59. The third-order valence-corrected chi connectivity index (χ3v) is 3.62. The van der Waals surface area contributed by atoms with Crippen molar-refractivity contribution in [3.05, 3.63) is 0 Å². The smallest absolute Gasteiger partial charge is 0.0496 e. The molecule has 1 fully saturated rings. The van der Waals surface area contributed by atoms with Crippen LogP contribution in [0.5, 0.6) is 0 Å². The fourth-order valence-corrected chi connectivity index (χ4v) is 2.66. The molecule has 0 aromatic heterocycles. The van der Waals surface area contributed by atoms with E-state index >= 15 is 0 Å². The Hall–Kier alpha value is 0.110. The van der Waals surface area contributed by atoms with Gasteiger partial charge in [-0.15, -0.1) is 0 Å². The van der Waals surface area contributed by atoms with Crippen molar-refractivity contribution in [3.63, 3.8) is 0 Å². The first-order chi connectivity index (χ1) is 4.72. The lowest BCUT2D eigenvalue weighted by molar-refractivity contribution is 0.446. The van der Waals surface area contributed by atoms with Crippen LogP contribution in [0.1, 0.15) is 25.7 Å². The van der Waals surface area contributed by atoms with Crippen molar-refractivity contribution >= 4 is 10.8 Å². The van der Waals surface area contributed by atoms with E-state index in [1.165, 1.54) is 12.8 Å². The second kappa shape index (κ2) is 3.49. The van der Waals surface area contributed by atoms with Crippen LogP contribution in [0.25, 0.3) is 0 Å². The highest BCUT2D eigenvalue weighted by atomic mass is 32.2. The Bertz CT molecular complexity index is 138. The van der Waals surface area contributed by atoms with Crippen LogP contribution in [0, 0.1) is 0 Å². The minimum absolute atomic E-state index is 0.194. The summed E-state index contributed by atoms with van der Waals surface area (Å²) in [5.74, 6) is 0.